The van der Waals surface area contributed by atoms with Gasteiger partial charge in [-0.25, -0.2) is 0 Å². The van der Waals surface area contributed by atoms with Crippen LogP contribution in [-0.4, -0.2) is 70.8 Å². The van der Waals surface area contributed by atoms with E-state index in [2.05, 4.69) is 15.3 Å². The molecule has 1 N–H and O–H groups in total. The molecule has 0 aromatic carbocycles. The number of carbonyl (C=O) groups excluding carboxylic acids is 1. The molecule has 0 spiro atoms. The fourth-order valence-electron chi connectivity index (χ4n) is 4.05. The molecule has 0 radical (unpaired) electrons. The summed E-state index contributed by atoms with van der Waals surface area (Å²) in [7, 11) is 0. The van der Waals surface area contributed by atoms with Crippen LogP contribution in [0.1, 0.15) is 42.2 Å². The van der Waals surface area contributed by atoms with Crippen molar-refractivity contribution in [3.05, 3.63) is 18.0 Å². The highest BCUT2D eigenvalue weighted by molar-refractivity contribution is 5.92. The Kier molecular flexibility index (Phi) is 3.88. The number of fused-ring (bicyclic) bond motifs is 1. The van der Waals surface area contributed by atoms with Crippen LogP contribution in [0.4, 0.5) is 0 Å². The predicted octanol–water partition coefficient (Wildman–Crippen LogP) is 0.728. The number of nitrogens with one attached hydrogen (secondary N) is 1. The van der Waals surface area contributed by atoms with Crippen molar-refractivity contribution in [2.75, 3.05) is 39.3 Å². The van der Waals surface area contributed by atoms with Crippen LogP contribution in [0.3, 0.4) is 0 Å². The topological polar surface area (TPSA) is 53.4 Å². The van der Waals surface area contributed by atoms with Gasteiger partial charge in [-0.2, -0.15) is 5.10 Å². The molecule has 0 bridgehead atoms. The fourth-order valence-corrected chi connectivity index (χ4v) is 4.05. The van der Waals surface area contributed by atoms with Gasteiger partial charge in [0.2, 0.25) is 0 Å². The average molecular weight is 303 g/mol. The summed E-state index contributed by atoms with van der Waals surface area (Å²) in [5.74, 6) is 0.106. The monoisotopic (exact) mass is 303 g/mol. The molecule has 6 nitrogen and oxygen atoms in total. The van der Waals surface area contributed by atoms with Crippen LogP contribution in [0.2, 0.25) is 0 Å². The number of aromatic nitrogens is 2. The summed E-state index contributed by atoms with van der Waals surface area (Å²) in [5.41, 5.74) is 0.608. The van der Waals surface area contributed by atoms with E-state index in [1.54, 1.807) is 0 Å². The standard InChI is InChI=1S/C16H25N5O/c22-16(20-10-9-19-7-2-4-14(19)12-20)15-5-8-21(18-15)13-3-1-6-17-11-13/h5,8,13-14,17H,1-4,6-7,9-12H2. The lowest BCUT2D eigenvalue weighted by Crippen LogP contribution is -2.52. The number of piperazine rings is 1. The van der Waals surface area contributed by atoms with Gasteiger partial charge in [0.1, 0.15) is 5.69 Å². The Morgan fingerprint density at radius 2 is 2.09 bits per heavy atom. The van der Waals surface area contributed by atoms with Gasteiger partial charge in [0.05, 0.1) is 6.04 Å². The number of amides is 1. The SMILES string of the molecule is O=C(c1ccn(C2CCCNC2)n1)N1CCN2CCCC2C1. The lowest BCUT2D eigenvalue weighted by Gasteiger charge is -2.37. The average Bonchev–Trinajstić information content (AvgIpc) is 3.23. The quantitative estimate of drug-likeness (QED) is 0.875. The first kappa shape index (κ1) is 14.2. The number of hydrogen-bond acceptors (Lipinski definition) is 4. The van der Waals surface area contributed by atoms with Crippen molar-refractivity contribution in [1.82, 2.24) is 24.9 Å². The Bertz CT molecular complexity index is 536. The number of nitrogens with zero attached hydrogens (tertiary/aromatic N) is 4. The summed E-state index contributed by atoms with van der Waals surface area (Å²) >= 11 is 0. The Balaban J connectivity index is 1.43. The van der Waals surface area contributed by atoms with Crippen LogP contribution in [-0.2, 0) is 0 Å². The number of hydrogen-bond donors (Lipinski definition) is 1. The smallest absolute Gasteiger partial charge is 0.274 e. The fraction of sp³-hybridized carbons (Fsp3) is 0.750. The van der Waals surface area contributed by atoms with Crippen molar-refractivity contribution < 1.29 is 4.79 Å². The predicted molar refractivity (Wildman–Crippen MR) is 83.9 cm³/mol. The van der Waals surface area contributed by atoms with Crippen LogP contribution < -0.4 is 5.32 Å². The first-order chi connectivity index (χ1) is 10.8. The molecule has 4 rings (SSSR count). The van der Waals surface area contributed by atoms with E-state index in [1.807, 2.05) is 21.8 Å². The van der Waals surface area contributed by atoms with Crippen molar-refractivity contribution >= 4 is 5.91 Å². The summed E-state index contributed by atoms with van der Waals surface area (Å²) in [6.07, 6.45) is 6.79. The number of rotatable bonds is 2. The normalized spacial score (nSPS) is 29.5. The third-order valence-electron chi connectivity index (χ3n) is 5.35. The van der Waals surface area contributed by atoms with E-state index in [0.29, 0.717) is 17.8 Å². The third-order valence-corrected chi connectivity index (χ3v) is 5.35. The van der Waals surface area contributed by atoms with Crippen molar-refractivity contribution in [2.24, 2.45) is 0 Å². The lowest BCUT2D eigenvalue weighted by atomic mass is 10.1. The maximum absolute atomic E-state index is 12.7. The number of piperidine rings is 1. The van der Waals surface area contributed by atoms with Gasteiger partial charge in [0, 0.05) is 38.4 Å². The molecule has 1 amide bonds. The second-order valence-corrected chi connectivity index (χ2v) is 6.76. The van der Waals surface area contributed by atoms with Crippen LogP contribution in [0.5, 0.6) is 0 Å². The van der Waals surface area contributed by atoms with Gasteiger partial charge in [0.25, 0.3) is 5.91 Å². The lowest BCUT2D eigenvalue weighted by molar-refractivity contribution is 0.0564. The van der Waals surface area contributed by atoms with Crippen molar-refractivity contribution in [2.45, 2.75) is 37.8 Å². The van der Waals surface area contributed by atoms with Gasteiger partial charge >= 0.3 is 0 Å². The van der Waals surface area contributed by atoms with Gasteiger partial charge < -0.3 is 10.2 Å². The molecule has 2 unspecified atom stereocenters. The Hall–Kier alpha value is -1.40. The zero-order valence-electron chi connectivity index (χ0n) is 13.1. The molecular weight excluding hydrogens is 278 g/mol. The van der Waals surface area contributed by atoms with Gasteiger partial charge in [-0.1, -0.05) is 0 Å². The maximum Gasteiger partial charge on any atom is 0.274 e. The largest absolute Gasteiger partial charge is 0.334 e. The van der Waals surface area contributed by atoms with Crippen molar-refractivity contribution in [1.29, 1.82) is 0 Å². The van der Waals surface area contributed by atoms with Gasteiger partial charge in [-0.3, -0.25) is 14.4 Å². The van der Waals surface area contributed by atoms with Crippen LogP contribution >= 0.6 is 0 Å². The molecule has 120 valence electrons. The molecule has 6 heteroatoms. The van der Waals surface area contributed by atoms with Crippen LogP contribution in [0.25, 0.3) is 0 Å². The summed E-state index contributed by atoms with van der Waals surface area (Å²) in [4.78, 5) is 17.2. The molecule has 3 fully saturated rings. The highest BCUT2D eigenvalue weighted by Gasteiger charge is 2.33. The molecule has 22 heavy (non-hydrogen) atoms. The van der Waals surface area contributed by atoms with E-state index in [4.69, 9.17) is 0 Å². The second-order valence-electron chi connectivity index (χ2n) is 6.76. The van der Waals surface area contributed by atoms with Crippen LogP contribution in [0, 0.1) is 0 Å². The first-order valence-corrected chi connectivity index (χ1v) is 8.60. The zero-order valence-corrected chi connectivity index (χ0v) is 13.1. The Morgan fingerprint density at radius 3 is 2.95 bits per heavy atom. The van der Waals surface area contributed by atoms with Crippen molar-refractivity contribution in [3.63, 3.8) is 0 Å². The second kappa shape index (κ2) is 6.01. The summed E-state index contributed by atoms with van der Waals surface area (Å²) in [6, 6.07) is 2.85. The van der Waals surface area contributed by atoms with E-state index in [0.717, 1.165) is 39.1 Å². The van der Waals surface area contributed by atoms with Gasteiger partial charge in [-0.15, -0.1) is 0 Å². The maximum atomic E-state index is 12.7. The number of carbonyl (C=O) groups is 1. The van der Waals surface area contributed by atoms with E-state index in [1.165, 1.54) is 25.8 Å². The van der Waals surface area contributed by atoms with E-state index in [-0.39, 0.29) is 5.91 Å². The molecule has 0 aliphatic carbocycles. The molecule has 4 heterocycles. The van der Waals surface area contributed by atoms with E-state index >= 15 is 0 Å². The molecule has 1 aromatic heterocycles. The van der Waals surface area contributed by atoms with Crippen LogP contribution in [0.15, 0.2) is 12.3 Å². The highest BCUT2D eigenvalue weighted by Crippen LogP contribution is 2.22. The summed E-state index contributed by atoms with van der Waals surface area (Å²) in [5, 5.41) is 7.97. The minimum Gasteiger partial charge on any atom is -0.334 e. The molecule has 3 saturated heterocycles. The molecule has 2 atom stereocenters. The van der Waals surface area contributed by atoms with E-state index in [9.17, 15) is 4.79 Å². The van der Waals surface area contributed by atoms with Gasteiger partial charge in [-0.05, 0) is 44.8 Å². The minimum absolute atomic E-state index is 0.106. The molecule has 0 saturated carbocycles. The molecule has 3 aliphatic rings. The molecule has 3 aliphatic heterocycles. The van der Waals surface area contributed by atoms with E-state index < -0.39 is 0 Å². The molecule has 1 aromatic rings. The highest BCUT2D eigenvalue weighted by atomic mass is 16.2. The first-order valence-electron chi connectivity index (χ1n) is 8.60. The van der Waals surface area contributed by atoms with Gasteiger partial charge in [0.15, 0.2) is 0 Å². The Labute approximate surface area is 131 Å². The Morgan fingerprint density at radius 1 is 1.18 bits per heavy atom. The summed E-state index contributed by atoms with van der Waals surface area (Å²) < 4.78 is 1.98. The summed E-state index contributed by atoms with van der Waals surface area (Å²) in [6.45, 7) is 5.98. The minimum atomic E-state index is 0.106. The zero-order chi connectivity index (χ0) is 14.9. The van der Waals surface area contributed by atoms with Crippen molar-refractivity contribution in [3.8, 4) is 0 Å². The third kappa shape index (κ3) is 2.65. The molecular formula is C16H25N5O.